The molecule has 1 amide bonds. The van der Waals surface area contributed by atoms with E-state index in [1.807, 2.05) is 0 Å². The lowest BCUT2D eigenvalue weighted by atomic mass is 10.1. The number of hydrogen-bond donors (Lipinski definition) is 5. The minimum absolute atomic E-state index is 0.198. The molecule has 1 saturated heterocycles. The predicted octanol–water partition coefficient (Wildman–Crippen LogP) is -2.39. The molecule has 9 nitrogen and oxygen atoms in total. The van der Waals surface area contributed by atoms with E-state index in [-0.39, 0.29) is 18.3 Å². The summed E-state index contributed by atoms with van der Waals surface area (Å²) in [4.78, 5) is 15.5. The number of imidazole rings is 1. The van der Waals surface area contributed by atoms with Gasteiger partial charge in [0.15, 0.2) is 11.9 Å². The van der Waals surface area contributed by atoms with Gasteiger partial charge in [0, 0.05) is 0 Å². The summed E-state index contributed by atoms with van der Waals surface area (Å²) in [6.45, 7) is -0.161. The molecule has 3 rings (SSSR count). The van der Waals surface area contributed by atoms with Gasteiger partial charge in [0.05, 0.1) is 19.6 Å². The van der Waals surface area contributed by atoms with Gasteiger partial charge in [-0.3, -0.25) is 9.36 Å². The van der Waals surface area contributed by atoms with Crippen molar-refractivity contribution < 1.29 is 24.9 Å². The molecule has 4 unspecified atom stereocenters. The van der Waals surface area contributed by atoms with Gasteiger partial charge in [0.25, 0.3) is 5.91 Å². The molecule has 0 aromatic carbocycles. The van der Waals surface area contributed by atoms with Crippen LogP contribution < -0.4 is 10.6 Å². The average molecular weight is 270 g/mol. The van der Waals surface area contributed by atoms with Crippen molar-refractivity contribution in [1.82, 2.24) is 14.9 Å². The van der Waals surface area contributed by atoms with Crippen molar-refractivity contribution in [2.45, 2.75) is 24.5 Å². The first kappa shape index (κ1) is 12.4. The Balaban J connectivity index is 1.93. The maximum Gasteiger partial charge on any atom is 0.275 e. The van der Waals surface area contributed by atoms with E-state index in [9.17, 15) is 15.0 Å². The molecule has 0 bridgehead atoms. The smallest absolute Gasteiger partial charge is 0.275 e. The number of amides is 1. The number of nitrogens with one attached hydrogen (secondary N) is 2. The number of aliphatic hydroxyl groups excluding tert-OH is 3. The molecule has 1 fully saturated rings. The molecule has 0 saturated carbocycles. The van der Waals surface area contributed by atoms with Crippen LogP contribution in [0.1, 0.15) is 16.7 Å². The summed E-state index contributed by atoms with van der Waals surface area (Å²) in [5.74, 6) is 0.0952. The van der Waals surface area contributed by atoms with Gasteiger partial charge in [-0.25, -0.2) is 4.98 Å². The zero-order chi connectivity index (χ0) is 13.6. The van der Waals surface area contributed by atoms with Gasteiger partial charge < -0.3 is 30.7 Å². The first-order valence-electron chi connectivity index (χ1n) is 5.85. The van der Waals surface area contributed by atoms with Crippen LogP contribution in [0.5, 0.6) is 0 Å². The summed E-state index contributed by atoms with van der Waals surface area (Å²) in [7, 11) is 0. The van der Waals surface area contributed by atoms with Crippen LogP contribution in [-0.2, 0) is 4.74 Å². The second kappa shape index (κ2) is 4.46. The lowest BCUT2D eigenvalue weighted by Gasteiger charge is -2.22. The fourth-order valence-corrected chi connectivity index (χ4v) is 2.30. The Morgan fingerprint density at radius 1 is 1.42 bits per heavy atom. The van der Waals surface area contributed by atoms with E-state index in [1.54, 1.807) is 0 Å². The molecule has 0 aliphatic carbocycles. The SMILES string of the molecule is O=C1NCNc2c1ncn2C1OC(CO)C(O)C1O. The van der Waals surface area contributed by atoms with Crippen molar-refractivity contribution in [3.63, 3.8) is 0 Å². The first-order valence-corrected chi connectivity index (χ1v) is 5.85. The third kappa shape index (κ3) is 1.78. The van der Waals surface area contributed by atoms with E-state index >= 15 is 0 Å². The molecule has 3 heterocycles. The van der Waals surface area contributed by atoms with Crippen LogP contribution in [0.4, 0.5) is 5.82 Å². The summed E-state index contributed by atoms with van der Waals surface area (Å²) >= 11 is 0. The molecule has 0 spiro atoms. The second-order valence-electron chi connectivity index (χ2n) is 4.44. The zero-order valence-corrected chi connectivity index (χ0v) is 9.85. The molecule has 9 heteroatoms. The number of carbonyl (C=O) groups excluding carboxylic acids is 1. The van der Waals surface area contributed by atoms with Gasteiger partial charge in [0.2, 0.25) is 0 Å². The number of carbonyl (C=O) groups is 1. The van der Waals surface area contributed by atoms with E-state index in [4.69, 9.17) is 9.84 Å². The zero-order valence-electron chi connectivity index (χ0n) is 9.85. The van der Waals surface area contributed by atoms with Crippen LogP contribution in [0.3, 0.4) is 0 Å². The molecule has 5 N–H and O–H groups in total. The van der Waals surface area contributed by atoms with E-state index < -0.39 is 31.1 Å². The molecule has 2 aliphatic rings. The number of aliphatic hydroxyl groups is 3. The van der Waals surface area contributed by atoms with Crippen molar-refractivity contribution >= 4 is 11.7 Å². The van der Waals surface area contributed by atoms with E-state index in [1.165, 1.54) is 10.9 Å². The van der Waals surface area contributed by atoms with Gasteiger partial charge in [-0.1, -0.05) is 0 Å². The fourth-order valence-electron chi connectivity index (χ4n) is 2.30. The summed E-state index contributed by atoms with van der Waals surface area (Å²) in [6, 6.07) is 0. The van der Waals surface area contributed by atoms with Crippen LogP contribution >= 0.6 is 0 Å². The number of fused-ring (bicyclic) bond motifs is 1. The predicted molar refractivity (Wildman–Crippen MR) is 61.2 cm³/mol. The Labute approximate surface area is 107 Å². The van der Waals surface area contributed by atoms with E-state index in [0.29, 0.717) is 5.82 Å². The topological polar surface area (TPSA) is 129 Å². The molecule has 4 atom stereocenters. The monoisotopic (exact) mass is 270 g/mol. The summed E-state index contributed by atoms with van der Waals surface area (Å²) in [5.41, 5.74) is 0.198. The van der Waals surface area contributed by atoms with Crippen LogP contribution in [0.25, 0.3) is 0 Å². The number of anilines is 1. The lowest BCUT2D eigenvalue weighted by Crippen LogP contribution is -2.36. The van der Waals surface area contributed by atoms with E-state index in [2.05, 4.69) is 15.6 Å². The van der Waals surface area contributed by atoms with Crippen LogP contribution in [0.2, 0.25) is 0 Å². The maximum atomic E-state index is 11.6. The lowest BCUT2D eigenvalue weighted by molar-refractivity contribution is -0.0519. The number of rotatable bonds is 2. The number of hydrogen-bond acceptors (Lipinski definition) is 7. The highest BCUT2D eigenvalue weighted by molar-refractivity contribution is 5.98. The minimum atomic E-state index is -1.21. The average Bonchev–Trinajstić information content (AvgIpc) is 2.94. The Kier molecular flexibility index (Phi) is 2.90. The Bertz CT molecular complexity index is 504. The Morgan fingerprint density at radius 2 is 2.21 bits per heavy atom. The molecule has 1 aromatic heterocycles. The minimum Gasteiger partial charge on any atom is -0.394 e. The van der Waals surface area contributed by atoms with Crippen LogP contribution in [-0.4, -0.2) is 62.4 Å². The van der Waals surface area contributed by atoms with Gasteiger partial charge in [0.1, 0.15) is 24.1 Å². The van der Waals surface area contributed by atoms with Crippen molar-refractivity contribution in [2.24, 2.45) is 0 Å². The molecule has 1 aromatic rings. The first-order chi connectivity index (χ1) is 9.13. The van der Waals surface area contributed by atoms with Crippen molar-refractivity contribution in [3.8, 4) is 0 Å². The molecular formula is C10H14N4O5. The normalized spacial score (nSPS) is 33.7. The fraction of sp³-hybridized carbons (Fsp3) is 0.600. The summed E-state index contributed by atoms with van der Waals surface area (Å²) < 4.78 is 6.82. The standard InChI is InChI=1S/C10H14N4O5/c15-1-4-6(16)7(17)10(19-4)14-3-13-5-8(14)11-2-12-9(5)18/h3-4,6-7,10-11,15-17H,1-2H2,(H,12,18). The quantitative estimate of drug-likeness (QED) is 0.405. The van der Waals surface area contributed by atoms with Gasteiger partial charge in [-0.15, -0.1) is 0 Å². The highest BCUT2D eigenvalue weighted by Gasteiger charge is 2.44. The number of ether oxygens (including phenoxy) is 1. The second-order valence-corrected chi connectivity index (χ2v) is 4.44. The third-order valence-corrected chi connectivity index (χ3v) is 3.30. The highest BCUT2D eigenvalue weighted by Crippen LogP contribution is 2.33. The van der Waals surface area contributed by atoms with Crippen LogP contribution in [0.15, 0.2) is 6.33 Å². The molecular weight excluding hydrogens is 256 g/mol. The summed E-state index contributed by atoms with van der Waals surface area (Å²) in [6.07, 6.45) is -2.81. The van der Waals surface area contributed by atoms with Crippen molar-refractivity contribution in [3.05, 3.63) is 12.0 Å². The number of nitrogens with zero attached hydrogens (tertiary/aromatic N) is 2. The van der Waals surface area contributed by atoms with E-state index in [0.717, 1.165) is 0 Å². The molecule has 104 valence electrons. The largest absolute Gasteiger partial charge is 0.394 e. The van der Waals surface area contributed by atoms with Crippen molar-refractivity contribution in [1.29, 1.82) is 0 Å². The van der Waals surface area contributed by atoms with Gasteiger partial charge >= 0.3 is 0 Å². The molecule has 0 radical (unpaired) electrons. The highest BCUT2D eigenvalue weighted by atomic mass is 16.6. The summed E-state index contributed by atoms with van der Waals surface area (Å²) in [5, 5.41) is 34.2. The molecule has 2 aliphatic heterocycles. The van der Waals surface area contributed by atoms with Crippen molar-refractivity contribution in [2.75, 3.05) is 18.6 Å². The van der Waals surface area contributed by atoms with Crippen LogP contribution in [0, 0.1) is 0 Å². The third-order valence-electron chi connectivity index (χ3n) is 3.30. The maximum absolute atomic E-state index is 11.6. The van der Waals surface area contributed by atoms with Gasteiger partial charge in [-0.05, 0) is 0 Å². The number of aromatic nitrogens is 2. The Morgan fingerprint density at radius 3 is 2.89 bits per heavy atom. The Hall–Kier alpha value is -1.68. The molecule has 19 heavy (non-hydrogen) atoms. The van der Waals surface area contributed by atoms with Gasteiger partial charge in [-0.2, -0.15) is 0 Å².